The molecule has 12 heteroatoms. The molecule has 31 heavy (non-hydrogen) atoms. The molecule has 0 atom stereocenters. The fraction of sp³-hybridized carbons (Fsp3) is 0.421. The standard InChI is InChI=1S/C19H22N2O8S2/c1-2-26-19(23)18-21-13(12-30-18)11-29-17(22)4-3-7-20-31(24,25)14-5-6-15-16(10-14)28-9-8-27-15/h5-6,10,12,20H,2-4,7-9,11H2,1H3. The Hall–Kier alpha value is -2.70. The van der Waals surface area contributed by atoms with Crippen LogP contribution < -0.4 is 14.2 Å². The molecule has 1 aromatic heterocycles. The number of ether oxygens (including phenoxy) is 4. The Kier molecular flexibility index (Phi) is 7.82. The zero-order chi connectivity index (χ0) is 22.3. The quantitative estimate of drug-likeness (QED) is 0.408. The van der Waals surface area contributed by atoms with Crippen molar-refractivity contribution in [2.45, 2.75) is 31.3 Å². The summed E-state index contributed by atoms with van der Waals surface area (Å²) in [5.74, 6) is -0.132. The summed E-state index contributed by atoms with van der Waals surface area (Å²) in [6, 6.07) is 4.39. The van der Waals surface area contributed by atoms with Gasteiger partial charge in [0.2, 0.25) is 15.0 Å². The molecule has 2 heterocycles. The molecule has 0 saturated carbocycles. The van der Waals surface area contributed by atoms with Crippen molar-refractivity contribution in [3.8, 4) is 11.5 Å². The van der Waals surface area contributed by atoms with Gasteiger partial charge in [0.15, 0.2) is 11.5 Å². The van der Waals surface area contributed by atoms with Crippen molar-refractivity contribution < 1.29 is 37.0 Å². The molecule has 0 bridgehead atoms. The Balaban J connectivity index is 1.40. The van der Waals surface area contributed by atoms with Gasteiger partial charge in [0.05, 0.1) is 17.2 Å². The summed E-state index contributed by atoms with van der Waals surface area (Å²) in [6.07, 6.45) is 0.284. The maximum Gasteiger partial charge on any atom is 0.367 e. The first-order valence-corrected chi connectivity index (χ1v) is 11.9. The number of rotatable bonds is 10. The van der Waals surface area contributed by atoms with Gasteiger partial charge in [0.1, 0.15) is 19.8 Å². The Morgan fingerprint density at radius 1 is 1.19 bits per heavy atom. The van der Waals surface area contributed by atoms with Crippen molar-refractivity contribution in [3.05, 3.63) is 34.3 Å². The van der Waals surface area contributed by atoms with Crippen LogP contribution >= 0.6 is 11.3 Å². The number of thiazole rings is 1. The number of aromatic nitrogens is 1. The predicted octanol–water partition coefficient (Wildman–Crippen LogP) is 1.89. The van der Waals surface area contributed by atoms with E-state index in [2.05, 4.69) is 9.71 Å². The van der Waals surface area contributed by atoms with Crippen LogP contribution in [0.3, 0.4) is 0 Å². The lowest BCUT2D eigenvalue weighted by molar-refractivity contribution is -0.145. The van der Waals surface area contributed by atoms with Gasteiger partial charge in [0, 0.05) is 24.4 Å². The Labute approximate surface area is 183 Å². The first kappa shape index (κ1) is 23.0. The number of fused-ring (bicyclic) bond motifs is 1. The number of nitrogens with one attached hydrogen (secondary N) is 1. The van der Waals surface area contributed by atoms with E-state index in [9.17, 15) is 18.0 Å². The summed E-state index contributed by atoms with van der Waals surface area (Å²) in [7, 11) is -3.75. The third-order valence-electron chi connectivity index (χ3n) is 4.06. The summed E-state index contributed by atoms with van der Waals surface area (Å²) in [4.78, 5) is 27.5. The lowest BCUT2D eigenvalue weighted by Gasteiger charge is -2.18. The van der Waals surface area contributed by atoms with E-state index in [0.29, 0.717) is 30.4 Å². The van der Waals surface area contributed by atoms with E-state index < -0.39 is 22.0 Å². The molecule has 0 unspecified atom stereocenters. The van der Waals surface area contributed by atoms with Crippen molar-refractivity contribution in [3.63, 3.8) is 0 Å². The molecule has 1 aliphatic rings. The van der Waals surface area contributed by atoms with E-state index in [-0.39, 0.29) is 42.5 Å². The molecule has 168 valence electrons. The molecule has 1 N–H and O–H groups in total. The highest BCUT2D eigenvalue weighted by Crippen LogP contribution is 2.32. The summed E-state index contributed by atoms with van der Waals surface area (Å²) in [5.41, 5.74) is 0.445. The number of hydrogen-bond donors (Lipinski definition) is 1. The molecule has 1 aliphatic heterocycles. The van der Waals surface area contributed by atoms with Crippen LogP contribution in [0.2, 0.25) is 0 Å². The van der Waals surface area contributed by atoms with Crippen LogP contribution in [0.15, 0.2) is 28.5 Å². The highest BCUT2D eigenvalue weighted by Gasteiger charge is 2.19. The molecule has 0 spiro atoms. The second kappa shape index (κ2) is 10.6. The number of carbonyl (C=O) groups excluding carboxylic acids is 2. The molecule has 3 rings (SSSR count). The maximum absolute atomic E-state index is 12.4. The monoisotopic (exact) mass is 470 g/mol. The second-order valence-electron chi connectivity index (χ2n) is 6.33. The van der Waals surface area contributed by atoms with Gasteiger partial charge >= 0.3 is 11.9 Å². The second-order valence-corrected chi connectivity index (χ2v) is 8.96. The van der Waals surface area contributed by atoms with Gasteiger partial charge in [-0.3, -0.25) is 4.79 Å². The van der Waals surface area contributed by atoms with Gasteiger partial charge in [0.25, 0.3) is 0 Å². The number of sulfonamides is 1. The number of hydrogen-bond acceptors (Lipinski definition) is 10. The van der Waals surface area contributed by atoms with E-state index >= 15 is 0 Å². The minimum atomic E-state index is -3.75. The normalized spacial score (nSPS) is 12.9. The fourth-order valence-electron chi connectivity index (χ4n) is 2.60. The zero-order valence-electron chi connectivity index (χ0n) is 16.8. The molecular weight excluding hydrogens is 448 g/mol. The van der Waals surface area contributed by atoms with Gasteiger partial charge < -0.3 is 18.9 Å². The average Bonchev–Trinajstić information content (AvgIpc) is 3.24. The van der Waals surface area contributed by atoms with E-state index in [4.69, 9.17) is 18.9 Å². The van der Waals surface area contributed by atoms with Crippen molar-refractivity contribution in [1.82, 2.24) is 9.71 Å². The van der Waals surface area contributed by atoms with Crippen LogP contribution in [0.1, 0.15) is 35.3 Å². The molecule has 0 fully saturated rings. The van der Waals surface area contributed by atoms with Crippen molar-refractivity contribution in [2.24, 2.45) is 0 Å². The highest BCUT2D eigenvalue weighted by molar-refractivity contribution is 7.89. The van der Waals surface area contributed by atoms with Gasteiger partial charge in [-0.2, -0.15) is 0 Å². The zero-order valence-corrected chi connectivity index (χ0v) is 18.4. The summed E-state index contributed by atoms with van der Waals surface area (Å²) >= 11 is 1.11. The van der Waals surface area contributed by atoms with Gasteiger partial charge in [-0.15, -0.1) is 11.3 Å². The van der Waals surface area contributed by atoms with E-state index in [1.54, 1.807) is 18.4 Å². The first-order chi connectivity index (χ1) is 14.9. The van der Waals surface area contributed by atoms with Crippen LogP contribution in [0, 0.1) is 0 Å². The Bertz CT molecular complexity index is 1040. The van der Waals surface area contributed by atoms with E-state index in [0.717, 1.165) is 11.3 Å². The molecule has 10 nitrogen and oxygen atoms in total. The third-order valence-corrected chi connectivity index (χ3v) is 6.39. The fourth-order valence-corrected chi connectivity index (χ4v) is 4.38. The number of benzene rings is 1. The van der Waals surface area contributed by atoms with Crippen molar-refractivity contribution in [1.29, 1.82) is 0 Å². The van der Waals surface area contributed by atoms with Crippen LogP contribution in [0.25, 0.3) is 0 Å². The van der Waals surface area contributed by atoms with Gasteiger partial charge in [-0.25, -0.2) is 22.9 Å². The van der Waals surface area contributed by atoms with Crippen LogP contribution in [0.4, 0.5) is 0 Å². The lowest BCUT2D eigenvalue weighted by atomic mass is 10.3. The predicted molar refractivity (Wildman–Crippen MR) is 110 cm³/mol. The Morgan fingerprint density at radius 3 is 2.74 bits per heavy atom. The van der Waals surface area contributed by atoms with Crippen LogP contribution in [0.5, 0.6) is 11.5 Å². The van der Waals surface area contributed by atoms with Crippen LogP contribution in [-0.2, 0) is 30.9 Å². The summed E-state index contributed by atoms with van der Waals surface area (Å²) in [5, 5.41) is 1.81. The number of esters is 2. The lowest BCUT2D eigenvalue weighted by Crippen LogP contribution is -2.25. The molecule has 0 amide bonds. The summed E-state index contributed by atoms with van der Waals surface area (Å²) in [6.45, 7) is 2.72. The average molecular weight is 471 g/mol. The van der Waals surface area contributed by atoms with Crippen LogP contribution in [-0.4, -0.2) is 51.7 Å². The molecule has 2 aromatic rings. The van der Waals surface area contributed by atoms with Crippen molar-refractivity contribution >= 4 is 33.3 Å². The first-order valence-electron chi connectivity index (χ1n) is 9.55. The molecular formula is C19H22N2O8S2. The minimum absolute atomic E-state index is 0.0263. The Morgan fingerprint density at radius 2 is 1.97 bits per heavy atom. The SMILES string of the molecule is CCOC(=O)c1nc(COC(=O)CCCNS(=O)(=O)c2ccc3c(c2)OCCO3)cs1. The summed E-state index contributed by atoms with van der Waals surface area (Å²) < 4.78 is 48.0. The largest absolute Gasteiger partial charge is 0.486 e. The topological polar surface area (TPSA) is 130 Å². The number of nitrogens with zero attached hydrogens (tertiary/aromatic N) is 1. The molecule has 0 saturated heterocycles. The molecule has 0 radical (unpaired) electrons. The minimum Gasteiger partial charge on any atom is -0.486 e. The number of carbonyl (C=O) groups is 2. The highest BCUT2D eigenvalue weighted by atomic mass is 32.2. The van der Waals surface area contributed by atoms with Gasteiger partial charge in [-0.1, -0.05) is 0 Å². The van der Waals surface area contributed by atoms with Gasteiger partial charge in [-0.05, 0) is 25.5 Å². The molecule has 1 aromatic carbocycles. The molecule has 0 aliphatic carbocycles. The van der Waals surface area contributed by atoms with E-state index in [1.165, 1.54) is 12.1 Å². The maximum atomic E-state index is 12.4. The van der Waals surface area contributed by atoms with E-state index in [1.807, 2.05) is 0 Å². The third kappa shape index (κ3) is 6.39. The smallest absolute Gasteiger partial charge is 0.367 e. The van der Waals surface area contributed by atoms with Crippen molar-refractivity contribution in [2.75, 3.05) is 26.4 Å².